The molecule has 118 valence electrons. The highest BCUT2D eigenvalue weighted by atomic mass is 35.5. The van der Waals surface area contributed by atoms with Gasteiger partial charge in [-0.05, 0) is 12.1 Å². The number of pyridine rings is 1. The molecule has 1 saturated heterocycles. The van der Waals surface area contributed by atoms with E-state index in [1.54, 1.807) is 4.90 Å². The zero-order valence-electron chi connectivity index (χ0n) is 11.1. The fourth-order valence-corrected chi connectivity index (χ4v) is 3.09. The van der Waals surface area contributed by atoms with Crippen molar-refractivity contribution in [1.29, 1.82) is 0 Å². The Balaban J connectivity index is 2.19. The topological polar surface area (TPSA) is 53.5 Å². The SMILES string of the molecule is CS(=O)(=O)N1CCN(c2cc(C(F)(F)F)cc(Cl)n2)CC1. The van der Waals surface area contributed by atoms with Gasteiger partial charge in [0.25, 0.3) is 0 Å². The minimum atomic E-state index is -4.50. The van der Waals surface area contributed by atoms with E-state index >= 15 is 0 Å². The van der Waals surface area contributed by atoms with Gasteiger partial charge in [0, 0.05) is 26.2 Å². The molecule has 0 N–H and O–H groups in total. The van der Waals surface area contributed by atoms with Crippen molar-refractivity contribution >= 4 is 27.4 Å². The van der Waals surface area contributed by atoms with E-state index in [1.807, 2.05) is 0 Å². The molecule has 0 bridgehead atoms. The molecule has 0 aliphatic carbocycles. The Bertz CT molecular complexity index is 628. The van der Waals surface area contributed by atoms with Crippen LogP contribution in [0, 0.1) is 0 Å². The molecule has 1 aromatic heterocycles. The van der Waals surface area contributed by atoms with E-state index in [1.165, 1.54) is 4.31 Å². The van der Waals surface area contributed by atoms with Crippen LogP contribution in [0.1, 0.15) is 5.56 Å². The second kappa shape index (κ2) is 5.62. The number of hydrogen-bond acceptors (Lipinski definition) is 4. The zero-order valence-corrected chi connectivity index (χ0v) is 12.6. The molecule has 1 aliphatic heterocycles. The lowest BCUT2D eigenvalue weighted by Gasteiger charge is -2.34. The molecule has 0 aromatic carbocycles. The van der Waals surface area contributed by atoms with Crippen LogP contribution in [0.4, 0.5) is 19.0 Å². The van der Waals surface area contributed by atoms with E-state index in [9.17, 15) is 21.6 Å². The molecule has 2 heterocycles. The number of nitrogens with zero attached hydrogens (tertiary/aromatic N) is 3. The second-order valence-electron chi connectivity index (χ2n) is 4.68. The molecule has 5 nitrogen and oxygen atoms in total. The van der Waals surface area contributed by atoms with E-state index in [4.69, 9.17) is 11.6 Å². The van der Waals surface area contributed by atoms with E-state index in [2.05, 4.69) is 4.98 Å². The first-order chi connectivity index (χ1) is 9.57. The highest BCUT2D eigenvalue weighted by Crippen LogP contribution is 2.33. The number of aromatic nitrogens is 1. The number of hydrogen-bond donors (Lipinski definition) is 0. The summed E-state index contributed by atoms with van der Waals surface area (Å²) < 4.78 is 62.3. The summed E-state index contributed by atoms with van der Waals surface area (Å²) in [5, 5.41) is -0.245. The van der Waals surface area contributed by atoms with E-state index in [0.717, 1.165) is 18.4 Å². The molecule has 21 heavy (non-hydrogen) atoms. The fraction of sp³-hybridized carbons (Fsp3) is 0.545. The molecule has 0 atom stereocenters. The molecule has 0 unspecified atom stereocenters. The monoisotopic (exact) mass is 343 g/mol. The zero-order chi connectivity index (χ0) is 15.8. The summed E-state index contributed by atoms with van der Waals surface area (Å²) in [6.45, 7) is 0.929. The molecule has 0 amide bonds. The molecule has 1 aliphatic rings. The Labute approximate surface area is 125 Å². The van der Waals surface area contributed by atoms with Crippen LogP contribution in [-0.2, 0) is 16.2 Å². The highest BCUT2D eigenvalue weighted by molar-refractivity contribution is 7.88. The highest BCUT2D eigenvalue weighted by Gasteiger charge is 2.32. The van der Waals surface area contributed by atoms with Gasteiger partial charge >= 0.3 is 6.18 Å². The average molecular weight is 344 g/mol. The van der Waals surface area contributed by atoms with Gasteiger partial charge in [-0.1, -0.05) is 11.6 Å². The van der Waals surface area contributed by atoms with E-state index < -0.39 is 21.8 Å². The quantitative estimate of drug-likeness (QED) is 0.769. The first-order valence-electron chi connectivity index (χ1n) is 6.02. The van der Waals surface area contributed by atoms with Gasteiger partial charge in [0.2, 0.25) is 10.0 Å². The Morgan fingerprint density at radius 1 is 1.19 bits per heavy atom. The van der Waals surface area contributed by atoms with Crippen LogP contribution in [0.25, 0.3) is 0 Å². The third-order valence-corrected chi connectivity index (χ3v) is 4.64. The lowest BCUT2D eigenvalue weighted by Crippen LogP contribution is -2.48. The average Bonchev–Trinajstić information content (AvgIpc) is 2.36. The number of piperazine rings is 1. The number of sulfonamides is 1. The van der Waals surface area contributed by atoms with Crippen molar-refractivity contribution < 1.29 is 21.6 Å². The lowest BCUT2D eigenvalue weighted by atomic mass is 10.2. The van der Waals surface area contributed by atoms with Crippen LogP contribution in [0.3, 0.4) is 0 Å². The van der Waals surface area contributed by atoms with Crippen molar-refractivity contribution in [3.63, 3.8) is 0 Å². The Morgan fingerprint density at radius 3 is 2.24 bits per heavy atom. The largest absolute Gasteiger partial charge is 0.416 e. The molecule has 1 aromatic rings. The Kier molecular flexibility index (Phi) is 4.36. The van der Waals surface area contributed by atoms with Gasteiger partial charge in [-0.15, -0.1) is 0 Å². The molecular formula is C11H13ClF3N3O2S. The maximum absolute atomic E-state index is 12.7. The summed E-state index contributed by atoms with van der Waals surface area (Å²) in [4.78, 5) is 5.47. The number of anilines is 1. The maximum Gasteiger partial charge on any atom is 0.416 e. The summed E-state index contributed by atoms with van der Waals surface area (Å²) in [6, 6.07) is 1.68. The molecule has 0 spiro atoms. The van der Waals surface area contributed by atoms with Crippen molar-refractivity contribution in [3.8, 4) is 0 Å². The van der Waals surface area contributed by atoms with Gasteiger partial charge in [-0.2, -0.15) is 17.5 Å². The van der Waals surface area contributed by atoms with Crippen molar-refractivity contribution in [2.75, 3.05) is 37.3 Å². The summed E-state index contributed by atoms with van der Waals surface area (Å²) >= 11 is 5.63. The van der Waals surface area contributed by atoms with Crippen molar-refractivity contribution in [2.45, 2.75) is 6.18 Å². The smallest absolute Gasteiger partial charge is 0.354 e. The predicted molar refractivity (Wildman–Crippen MR) is 72.9 cm³/mol. The van der Waals surface area contributed by atoms with E-state index in [0.29, 0.717) is 0 Å². The summed E-state index contributed by atoms with van der Waals surface area (Å²) in [5.74, 6) is 0.1000. The number of halogens is 4. The number of rotatable bonds is 2. The van der Waals surface area contributed by atoms with Crippen molar-refractivity contribution in [1.82, 2.24) is 9.29 Å². The van der Waals surface area contributed by atoms with E-state index in [-0.39, 0.29) is 37.1 Å². The van der Waals surface area contributed by atoms with Crippen LogP contribution in [0.5, 0.6) is 0 Å². The fourth-order valence-electron chi connectivity index (χ4n) is 2.06. The summed E-state index contributed by atoms with van der Waals surface area (Å²) in [6.07, 6.45) is -3.40. The Hall–Kier alpha value is -1.06. The second-order valence-corrected chi connectivity index (χ2v) is 7.05. The number of alkyl halides is 3. The molecular weight excluding hydrogens is 331 g/mol. The van der Waals surface area contributed by atoms with Crippen LogP contribution >= 0.6 is 11.6 Å². The lowest BCUT2D eigenvalue weighted by molar-refractivity contribution is -0.137. The van der Waals surface area contributed by atoms with Gasteiger partial charge in [-0.25, -0.2) is 13.4 Å². The molecule has 0 radical (unpaired) electrons. The molecule has 2 rings (SSSR count). The standard InChI is InChI=1S/C11H13ClF3N3O2S/c1-21(19,20)18-4-2-17(3-5-18)10-7-8(11(13,14)15)6-9(12)16-10/h6-7H,2-5H2,1H3. The van der Waals surface area contributed by atoms with Crippen molar-refractivity contribution in [3.05, 3.63) is 22.8 Å². The van der Waals surface area contributed by atoms with Crippen LogP contribution in [-0.4, -0.2) is 50.1 Å². The third-order valence-electron chi connectivity index (χ3n) is 3.14. The van der Waals surface area contributed by atoms with Crippen LogP contribution in [0.2, 0.25) is 5.15 Å². The van der Waals surface area contributed by atoms with Gasteiger partial charge < -0.3 is 4.90 Å². The molecule has 0 saturated carbocycles. The minimum Gasteiger partial charge on any atom is -0.354 e. The summed E-state index contributed by atoms with van der Waals surface area (Å²) in [5.41, 5.74) is -0.872. The minimum absolute atomic E-state index is 0.1000. The van der Waals surface area contributed by atoms with Crippen LogP contribution < -0.4 is 4.90 Å². The normalized spacial score (nSPS) is 18.0. The molecule has 10 heteroatoms. The van der Waals surface area contributed by atoms with Crippen molar-refractivity contribution in [2.24, 2.45) is 0 Å². The third kappa shape index (κ3) is 3.98. The summed E-state index contributed by atoms with van der Waals surface area (Å²) in [7, 11) is -3.29. The first kappa shape index (κ1) is 16.3. The van der Waals surface area contributed by atoms with Gasteiger partial charge in [0.1, 0.15) is 11.0 Å². The van der Waals surface area contributed by atoms with Gasteiger partial charge in [0.05, 0.1) is 11.8 Å². The Morgan fingerprint density at radius 2 is 1.76 bits per heavy atom. The molecule has 1 fully saturated rings. The van der Waals surface area contributed by atoms with Crippen LogP contribution in [0.15, 0.2) is 12.1 Å². The van der Waals surface area contributed by atoms with Gasteiger partial charge in [-0.3, -0.25) is 0 Å². The predicted octanol–water partition coefficient (Wildman–Crippen LogP) is 1.84. The first-order valence-corrected chi connectivity index (χ1v) is 8.25. The van der Waals surface area contributed by atoms with Gasteiger partial charge in [0.15, 0.2) is 0 Å². The maximum atomic E-state index is 12.7.